The number of carbonyl (C=O) groups is 1. The van der Waals surface area contributed by atoms with E-state index in [4.69, 9.17) is 34.8 Å². The molecule has 7 nitrogen and oxygen atoms in total. The smallest absolute Gasteiger partial charge is 0.264 e. The number of rotatable bonds is 8. The van der Waals surface area contributed by atoms with Gasteiger partial charge in [-0.15, -0.1) is 0 Å². The Hall–Kier alpha value is -3.30. The highest BCUT2D eigenvalue weighted by atomic mass is 35.5. The lowest BCUT2D eigenvalue weighted by Crippen LogP contribution is -2.40. The first kappa shape index (κ1) is 28.7. The lowest BCUT2D eigenvalue weighted by Gasteiger charge is -2.25. The zero-order valence-corrected chi connectivity index (χ0v) is 24.4. The first-order valence-corrected chi connectivity index (χ1v) is 14.4. The van der Waals surface area contributed by atoms with Crippen LogP contribution in [0.25, 0.3) is 5.69 Å². The SMILES string of the molecule is Cc1ccc(Cl)cc1N(CC(=O)N/N=C\c1cc(C)n(-c2cc(Cl)cc(Cl)c2)c1C)S(=O)(=O)c1ccccc1. The lowest BCUT2D eigenvalue weighted by atomic mass is 10.2. The maximum absolute atomic E-state index is 13.5. The first-order chi connectivity index (χ1) is 18.5. The van der Waals surface area contributed by atoms with Crippen LogP contribution in [-0.2, 0) is 14.8 Å². The number of sulfonamides is 1. The molecule has 4 aromatic rings. The summed E-state index contributed by atoms with van der Waals surface area (Å²) < 4.78 is 30.1. The van der Waals surface area contributed by atoms with Crippen LogP contribution in [0.3, 0.4) is 0 Å². The van der Waals surface area contributed by atoms with E-state index in [1.165, 1.54) is 24.4 Å². The number of aryl methyl sites for hydroxylation is 2. The fourth-order valence-electron chi connectivity index (χ4n) is 4.19. The minimum atomic E-state index is -4.08. The van der Waals surface area contributed by atoms with Gasteiger partial charge in [-0.2, -0.15) is 5.10 Å². The number of aromatic nitrogens is 1. The third-order valence-corrected chi connectivity index (χ3v) is 8.47. The molecule has 202 valence electrons. The molecule has 0 aliphatic rings. The van der Waals surface area contributed by atoms with Crippen molar-refractivity contribution >= 4 is 62.6 Å². The van der Waals surface area contributed by atoms with Gasteiger partial charge in [-0.3, -0.25) is 9.10 Å². The van der Waals surface area contributed by atoms with Crippen LogP contribution >= 0.6 is 34.8 Å². The van der Waals surface area contributed by atoms with E-state index in [1.54, 1.807) is 55.5 Å². The van der Waals surface area contributed by atoms with Gasteiger partial charge in [-0.1, -0.05) is 59.1 Å². The molecule has 3 aromatic carbocycles. The number of nitrogens with zero attached hydrogens (tertiary/aromatic N) is 3. The number of hydrogen-bond donors (Lipinski definition) is 1. The largest absolute Gasteiger partial charge is 0.318 e. The number of hydrazone groups is 1. The summed E-state index contributed by atoms with van der Waals surface area (Å²) in [4.78, 5) is 13.0. The summed E-state index contributed by atoms with van der Waals surface area (Å²) >= 11 is 18.5. The molecule has 0 aliphatic heterocycles. The van der Waals surface area contributed by atoms with Gasteiger partial charge >= 0.3 is 0 Å². The minimum Gasteiger partial charge on any atom is -0.318 e. The monoisotopic (exact) mass is 602 g/mol. The van der Waals surface area contributed by atoms with Crippen LogP contribution < -0.4 is 9.73 Å². The van der Waals surface area contributed by atoms with E-state index in [-0.39, 0.29) is 4.90 Å². The fourth-order valence-corrected chi connectivity index (χ4v) is 6.37. The van der Waals surface area contributed by atoms with Crippen molar-refractivity contribution in [3.05, 3.63) is 110 Å². The van der Waals surface area contributed by atoms with Gasteiger partial charge in [0, 0.05) is 37.7 Å². The molecule has 0 saturated carbocycles. The third-order valence-electron chi connectivity index (χ3n) is 6.03. The van der Waals surface area contributed by atoms with Gasteiger partial charge in [0.05, 0.1) is 16.8 Å². The second kappa shape index (κ2) is 11.8. The maximum Gasteiger partial charge on any atom is 0.264 e. The molecule has 0 unspecified atom stereocenters. The molecule has 11 heteroatoms. The average molecular weight is 604 g/mol. The Bertz CT molecular complexity index is 1650. The fraction of sp³-hybridized carbons (Fsp3) is 0.143. The van der Waals surface area contributed by atoms with Crippen LogP contribution in [0.1, 0.15) is 22.5 Å². The van der Waals surface area contributed by atoms with E-state index in [0.717, 1.165) is 26.9 Å². The standard InChI is InChI=1S/C28H25Cl3N4O3S/c1-18-9-10-22(29)15-27(18)34(39(37,38)26-7-5-4-6-8-26)17-28(36)33-32-16-21-11-19(2)35(20(21)3)25-13-23(30)12-24(31)14-25/h4-16H,17H2,1-3H3,(H,33,36)/b32-16-. The molecular weight excluding hydrogens is 579 g/mol. The molecule has 0 spiro atoms. The summed E-state index contributed by atoms with van der Waals surface area (Å²) in [6.07, 6.45) is 1.50. The topological polar surface area (TPSA) is 83.8 Å². The summed E-state index contributed by atoms with van der Waals surface area (Å²) in [5.41, 5.74) is 6.70. The van der Waals surface area contributed by atoms with Gasteiger partial charge in [0.25, 0.3) is 15.9 Å². The number of amides is 1. The normalized spacial score (nSPS) is 11.6. The van der Waals surface area contributed by atoms with Crippen molar-refractivity contribution in [1.82, 2.24) is 9.99 Å². The Labute approximate surface area is 242 Å². The van der Waals surface area contributed by atoms with E-state index in [1.807, 2.05) is 24.5 Å². The Morgan fingerprint density at radius 3 is 2.26 bits per heavy atom. The van der Waals surface area contributed by atoms with Crippen molar-refractivity contribution < 1.29 is 13.2 Å². The number of nitrogens with one attached hydrogen (secondary N) is 1. The molecule has 0 saturated heterocycles. The summed E-state index contributed by atoms with van der Waals surface area (Å²) in [6.45, 7) is 5.08. The van der Waals surface area contributed by atoms with E-state index >= 15 is 0 Å². The molecule has 0 fully saturated rings. The van der Waals surface area contributed by atoms with Crippen molar-refractivity contribution in [2.75, 3.05) is 10.8 Å². The van der Waals surface area contributed by atoms with Crippen LogP contribution in [0.2, 0.25) is 15.1 Å². The highest BCUT2D eigenvalue weighted by Crippen LogP contribution is 2.29. The molecule has 0 bridgehead atoms. The molecule has 1 amide bonds. The molecule has 0 atom stereocenters. The molecule has 0 radical (unpaired) electrons. The Morgan fingerprint density at radius 1 is 0.923 bits per heavy atom. The zero-order valence-electron chi connectivity index (χ0n) is 21.3. The minimum absolute atomic E-state index is 0.0502. The summed E-state index contributed by atoms with van der Waals surface area (Å²) in [7, 11) is -4.08. The number of anilines is 1. The van der Waals surface area contributed by atoms with Gasteiger partial charge in [-0.05, 0) is 74.9 Å². The molecule has 1 aromatic heterocycles. The molecule has 1 N–H and O–H groups in total. The van der Waals surface area contributed by atoms with E-state index in [0.29, 0.717) is 26.3 Å². The number of benzene rings is 3. The van der Waals surface area contributed by atoms with Crippen LogP contribution in [0.5, 0.6) is 0 Å². The van der Waals surface area contributed by atoms with Crippen LogP contribution in [0.4, 0.5) is 5.69 Å². The summed E-state index contributed by atoms with van der Waals surface area (Å²) in [5.74, 6) is -0.624. The van der Waals surface area contributed by atoms with Gasteiger partial charge in [0.2, 0.25) is 0 Å². The van der Waals surface area contributed by atoms with Crippen LogP contribution in [0, 0.1) is 20.8 Å². The van der Waals surface area contributed by atoms with Gasteiger partial charge in [0.1, 0.15) is 6.54 Å². The summed E-state index contributed by atoms with van der Waals surface area (Å²) in [5, 5.41) is 5.46. The highest BCUT2D eigenvalue weighted by molar-refractivity contribution is 7.92. The Balaban J connectivity index is 1.58. The number of halogens is 3. The zero-order chi connectivity index (χ0) is 28.3. The van der Waals surface area contributed by atoms with Gasteiger partial charge in [-0.25, -0.2) is 13.8 Å². The molecular formula is C28H25Cl3N4O3S. The quantitative estimate of drug-likeness (QED) is 0.180. The highest BCUT2D eigenvalue weighted by Gasteiger charge is 2.28. The average Bonchev–Trinajstić information content (AvgIpc) is 3.16. The third kappa shape index (κ3) is 6.47. The predicted octanol–water partition coefficient (Wildman–Crippen LogP) is 6.71. The van der Waals surface area contributed by atoms with Crippen molar-refractivity contribution in [3.8, 4) is 5.69 Å². The van der Waals surface area contributed by atoms with E-state index < -0.39 is 22.5 Å². The van der Waals surface area contributed by atoms with Crippen molar-refractivity contribution in [2.45, 2.75) is 25.7 Å². The molecule has 4 rings (SSSR count). The van der Waals surface area contributed by atoms with Gasteiger partial charge < -0.3 is 4.57 Å². The van der Waals surface area contributed by atoms with Crippen LogP contribution in [-0.4, -0.2) is 31.7 Å². The number of hydrogen-bond acceptors (Lipinski definition) is 4. The van der Waals surface area contributed by atoms with Crippen molar-refractivity contribution in [3.63, 3.8) is 0 Å². The Kier molecular flexibility index (Phi) is 8.71. The molecule has 39 heavy (non-hydrogen) atoms. The second-order valence-corrected chi connectivity index (χ2v) is 12.0. The second-order valence-electron chi connectivity index (χ2n) is 8.84. The first-order valence-electron chi connectivity index (χ1n) is 11.8. The molecule has 0 aliphatic carbocycles. The van der Waals surface area contributed by atoms with E-state index in [2.05, 4.69) is 10.5 Å². The van der Waals surface area contributed by atoms with Crippen molar-refractivity contribution in [2.24, 2.45) is 5.10 Å². The predicted molar refractivity (Wildman–Crippen MR) is 158 cm³/mol. The maximum atomic E-state index is 13.5. The number of carbonyl (C=O) groups excluding carboxylic acids is 1. The van der Waals surface area contributed by atoms with Crippen molar-refractivity contribution in [1.29, 1.82) is 0 Å². The Morgan fingerprint density at radius 2 is 1.59 bits per heavy atom. The van der Waals surface area contributed by atoms with Crippen LogP contribution in [0.15, 0.2) is 82.8 Å². The van der Waals surface area contributed by atoms with E-state index in [9.17, 15) is 13.2 Å². The molecule has 1 heterocycles. The van der Waals surface area contributed by atoms with Gasteiger partial charge in [0.15, 0.2) is 0 Å². The lowest BCUT2D eigenvalue weighted by molar-refractivity contribution is -0.119. The summed E-state index contributed by atoms with van der Waals surface area (Å²) in [6, 6.07) is 19.9.